The molecule has 6 rings (SSSR count). The third-order valence-corrected chi connectivity index (χ3v) is 17.4. The van der Waals surface area contributed by atoms with Gasteiger partial charge in [0, 0.05) is 89.1 Å². The Hall–Kier alpha value is -4.09. The fraction of sp³-hybridized carbons (Fsp3) is 0.256. The van der Waals surface area contributed by atoms with E-state index in [9.17, 15) is 39.6 Å². The third-order valence-electron chi connectivity index (χ3n) is 9.03. The fourth-order valence-electron chi connectivity index (χ4n) is 6.38. The van der Waals surface area contributed by atoms with Crippen LogP contribution in [0.5, 0.6) is 0 Å². The summed E-state index contributed by atoms with van der Waals surface area (Å²) in [5.41, 5.74) is 3.98. The number of hydrogen-bond acceptors (Lipinski definition) is 11. The van der Waals surface area contributed by atoms with Crippen molar-refractivity contribution in [2.45, 2.75) is 65.2 Å². The van der Waals surface area contributed by atoms with Crippen LogP contribution in [0.15, 0.2) is 60.7 Å². The quantitative estimate of drug-likeness (QED) is 0.0549. The predicted molar refractivity (Wildman–Crippen MR) is 246 cm³/mol. The first kappa shape index (κ1) is 43.5. The van der Waals surface area contributed by atoms with Crippen LogP contribution >= 0.6 is 79.8 Å². The molecule has 0 aliphatic rings. The molecule has 0 saturated carbocycles. The van der Waals surface area contributed by atoms with Gasteiger partial charge in [0.15, 0.2) is 0 Å². The Morgan fingerprint density at radius 3 is 1.57 bits per heavy atom. The average molecular weight is 909 g/mol. The summed E-state index contributed by atoms with van der Waals surface area (Å²) in [7, 11) is 0. The molecule has 0 saturated heterocycles. The number of aryl methyl sites for hydroxylation is 6. The van der Waals surface area contributed by atoms with Crippen LogP contribution in [0.1, 0.15) is 67.4 Å². The van der Waals surface area contributed by atoms with Gasteiger partial charge in [-0.05, 0) is 129 Å². The Balaban J connectivity index is 1.30. The molecule has 0 atom stereocenters. The number of carboxylic acid groups (broad SMARTS) is 4. The molecule has 4 N–H and O–H groups in total. The Labute approximate surface area is 364 Å². The Kier molecular flexibility index (Phi) is 14.8. The van der Waals surface area contributed by atoms with Gasteiger partial charge in [0.1, 0.15) is 0 Å². The molecule has 8 nitrogen and oxygen atoms in total. The maximum atomic E-state index is 11.7. The van der Waals surface area contributed by atoms with Crippen molar-refractivity contribution in [2.75, 3.05) is 6.26 Å². The van der Waals surface area contributed by atoms with Crippen molar-refractivity contribution in [3.05, 3.63) is 102 Å². The van der Waals surface area contributed by atoms with Crippen LogP contribution in [0, 0.1) is 13.8 Å². The highest BCUT2D eigenvalue weighted by Gasteiger charge is 2.21. The molecule has 6 aromatic rings. The summed E-state index contributed by atoms with van der Waals surface area (Å²) in [5.74, 6) is -3.37. The van der Waals surface area contributed by atoms with Gasteiger partial charge in [0.2, 0.25) is 0 Å². The molecule has 0 aromatic carbocycles. The molecule has 302 valence electrons. The van der Waals surface area contributed by atoms with Gasteiger partial charge in [-0.1, -0.05) is 6.08 Å². The van der Waals surface area contributed by atoms with Crippen molar-refractivity contribution >= 4 is 115 Å². The number of allylic oxidation sites excluding steroid dienone is 2. The first-order valence-corrected chi connectivity index (χ1v) is 24.3. The fourth-order valence-corrected chi connectivity index (χ4v) is 14.1. The van der Waals surface area contributed by atoms with E-state index in [1.807, 2.05) is 44.4 Å². The lowest BCUT2D eigenvalue weighted by Gasteiger charge is -2.04. The van der Waals surface area contributed by atoms with Crippen molar-refractivity contribution in [2.24, 2.45) is 0 Å². The lowest BCUT2D eigenvalue weighted by atomic mass is 10.1. The van der Waals surface area contributed by atoms with Crippen LogP contribution in [0.2, 0.25) is 0 Å². The second-order valence-electron chi connectivity index (χ2n) is 13.4. The van der Waals surface area contributed by atoms with E-state index in [1.165, 1.54) is 0 Å². The number of thiophene rings is 6. The van der Waals surface area contributed by atoms with Crippen molar-refractivity contribution < 1.29 is 39.6 Å². The van der Waals surface area contributed by atoms with E-state index in [4.69, 9.17) is 0 Å². The number of carbonyl (C=O) groups is 4. The van der Waals surface area contributed by atoms with Crippen LogP contribution in [0.4, 0.5) is 0 Å². The molecule has 0 aliphatic heterocycles. The average Bonchev–Trinajstić information content (AvgIpc) is 4.02. The van der Waals surface area contributed by atoms with Gasteiger partial charge >= 0.3 is 23.9 Å². The van der Waals surface area contributed by atoms with Crippen molar-refractivity contribution in [1.29, 1.82) is 0 Å². The molecule has 0 aliphatic carbocycles. The maximum Gasteiger partial charge on any atom is 0.303 e. The summed E-state index contributed by atoms with van der Waals surface area (Å²) in [6.45, 7) is 4.04. The highest BCUT2D eigenvalue weighted by molar-refractivity contribution is 8.07. The van der Waals surface area contributed by atoms with E-state index < -0.39 is 23.9 Å². The summed E-state index contributed by atoms with van der Waals surface area (Å²) in [4.78, 5) is 59.6. The molecule has 0 spiro atoms. The molecule has 6 aromatic heterocycles. The van der Waals surface area contributed by atoms with Gasteiger partial charge in [-0.25, -0.2) is 0 Å². The largest absolute Gasteiger partial charge is 0.481 e. The normalized spacial score (nSPS) is 11.9. The number of thioether (sulfide) groups is 1. The predicted octanol–water partition coefficient (Wildman–Crippen LogP) is 12.8. The second-order valence-corrected chi connectivity index (χ2v) is 21.0. The Morgan fingerprint density at radius 1 is 0.534 bits per heavy atom. The zero-order chi connectivity index (χ0) is 41.5. The van der Waals surface area contributed by atoms with E-state index in [0.29, 0.717) is 25.7 Å². The summed E-state index contributed by atoms with van der Waals surface area (Å²) in [6, 6.07) is 16.6. The van der Waals surface area contributed by atoms with E-state index in [2.05, 4.69) is 42.5 Å². The standard InChI is InChI=1S/C43H40O8S7/c1-23-19-25(7-15-37(44)45)29(53-23)5-4-6-32(52-3)41-27(9-17-39(48)49)21-35(57-41)30-11-12-31(55-30)36-22-28(10-18-40(50)51)43(58-36)34-14-13-33(56-34)42-26(8-16-38(46)47)20-24(2)54-42/h4-6,11-14,19-22H,7-10,15-18H2,1-3H3,(H,44,45)(H,46,47)(H,48,49)(H,50,51)/b5-4+,32-6-. The molecular formula is C43H40O8S7. The molecule has 0 fully saturated rings. The smallest absolute Gasteiger partial charge is 0.303 e. The molecule has 0 unspecified atom stereocenters. The lowest BCUT2D eigenvalue weighted by molar-refractivity contribution is -0.138. The minimum absolute atomic E-state index is 0.00897. The zero-order valence-corrected chi connectivity index (χ0v) is 37.5. The zero-order valence-electron chi connectivity index (χ0n) is 31.8. The van der Waals surface area contributed by atoms with Gasteiger partial charge in [0.25, 0.3) is 0 Å². The summed E-state index contributed by atoms with van der Waals surface area (Å²) in [6.07, 6.45) is 9.91. The van der Waals surface area contributed by atoms with E-state index in [0.717, 1.165) is 85.7 Å². The maximum absolute atomic E-state index is 11.7. The van der Waals surface area contributed by atoms with Crippen molar-refractivity contribution in [3.8, 4) is 39.0 Å². The summed E-state index contributed by atoms with van der Waals surface area (Å²) >= 11 is 11.5. The summed E-state index contributed by atoms with van der Waals surface area (Å²) in [5, 5.41) is 37.6. The van der Waals surface area contributed by atoms with E-state index in [-0.39, 0.29) is 25.7 Å². The van der Waals surface area contributed by atoms with Gasteiger partial charge in [-0.15, -0.1) is 79.8 Å². The number of hydrogen-bond donors (Lipinski definition) is 4. The van der Waals surface area contributed by atoms with Crippen LogP contribution in [-0.4, -0.2) is 50.6 Å². The molecule has 15 heteroatoms. The van der Waals surface area contributed by atoms with E-state index >= 15 is 0 Å². The monoisotopic (exact) mass is 908 g/mol. The number of aliphatic carboxylic acids is 4. The molecule has 0 radical (unpaired) electrons. The van der Waals surface area contributed by atoms with Crippen molar-refractivity contribution in [3.63, 3.8) is 0 Å². The van der Waals surface area contributed by atoms with Gasteiger partial charge in [-0.3, -0.25) is 19.2 Å². The molecule has 0 bridgehead atoms. The highest BCUT2D eigenvalue weighted by Crippen LogP contribution is 2.48. The van der Waals surface area contributed by atoms with Crippen LogP contribution in [-0.2, 0) is 44.9 Å². The second kappa shape index (κ2) is 19.8. The molecule has 0 amide bonds. The van der Waals surface area contributed by atoms with Crippen LogP contribution in [0.25, 0.3) is 50.0 Å². The Bertz CT molecular complexity index is 2510. The minimum atomic E-state index is -0.858. The first-order valence-electron chi connectivity index (χ1n) is 18.2. The number of carboxylic acids is 4. The Morgan fingerprint density at radius 2 is 0.983 bits per heavy atom. The lowest BCUT2D eigenvalue weighted by Crippen LogP contribution is -1.97. The van der Waals surface area contributed by atoms with Gasteiger partial charge in [-0.2, -0.15) is 0 Å². The van der Waals surface area contributed by atoms with Crippen LogP contribution < -0.4 is 0 Å². The van der Waals surface area contributed by atoms with Crippen LogP contribution in [0.3, 0.4) is 0 Å². The first-order chi connectivity index (χ1) is 27.8. The minimum Gasteiger partial charge on any atom is -0.481 e. The van der Waals surface area contributed by atoms with Crippen molar-refractivity contribution in [1.82, 2.24) is 0 Å². The van der Waals surface area contributed by atoms with Gasteiger partial charge < -0.3 is 20.4 Å². The molecular weight excluding hydrogens is 869 g/mol. The molecule has 6 heterocycles. The SMILES string of the molecule is CS/C(=C\C=C\c1sc(C)cc1CCC(=O)O)c1sc(-c2ccc(-c3cc(CCC(=O)O)c(-c4ccc(-c5sc(C)cc5CCC(=O)O)s4)s3)s2)cc1CCC(=O)O. The third kappa shape index (κ3) is 11.1. The van der Waals surface area contributed by atoms with E-state index in [1.54, 1.807) is 79.8 Å². The highest BCUT2D eigenvalue weighted by atomic mass is 32.2. The number of rotatable bonds is 20. The summed E-state index contributed by atoms with van der Waals surface area (Å²) < 4.78 is 0. The van der Waals surface area contributed by atoms with Gasteiger partial charge in [0.05, 0.1) is 0 Å². The molecule has 58 heavy (non-hydrogen) atoms. The topological polar surface area (TPSA) is 149 Å².